The number of aryl methyl sites for hydroxylation is 4. The van der Waals surface area contributed by atoms with E-state index in [4.69, 9.17) is 25.6 Å². The van der Waals surface area contributed by atoms with E-state index in [1.54, 1.807) is 6.07 Å². The summed E-state index contributed by atoms with van der Waals surface area (Å²) < 4.78 is 12.9. The number of H-pyrrole nitrogens is 1. The van der Waals surface area contributed by atoms with Crippen LogP contribution in [0.4, 0.5) is 0 Å². The molecular formula is C73H107N7O6S2. The topological polar surface area (TPSA) is 220 Å². The molecule has 9 aliphatic rings. The lowest BCUT2D eigenvalue weighted by atomic mass is 9.52. The number of furan rings is 1. The first kappa shape index (κ1) is 64.2. The van der Waals surface area contributed by atoms with Crippen molar-refractivity contribution in [1.29, 1.82) is 0 Å². The number of phenolic OH excluding ortho intramolecular Hbond substituents is 1. The van der Waals surface area contributed by atoms with Crippen molar-refractivity contribution >= 4 is 27.5 Å². The van der Waals surface area contributed by atoms with Crippen molar-refractivity contribution in [3.8, 4) is 11.5 Å². The van der Waals surface area contributed by atoms with Crippen LogP contribution in [0.1, 0.15) is 199 Å². The van der Waals surface area contributed by atoms with Crippen molar-refractivity contribution in [2.24, 2.45) is 74.6 Å². The zero-order valence-electron chi connectivity index (χ0n) is 53.2. The highest BCUT2D eigenvalue weighted by Crippen LogP contribution is 2.73. The van der Waals surface area contributed by atoms with Crippen LogP contribution >= 0.6 is 21.6 Å². The number of allylic oxidation sites excluding steroid dienone is 2. The van der Waals surface area contributed by atoms with E-state index < -0.39 is 12.2 Å². The molecule has 13 rings (SSSR count). The van der Waals surface area contributed by atoms with Crippen LogP contribution in [0.25, 0.3) is 0 Å². The predicted molar refractivity (Wildman–Crippen MR) is 359 cm³/mol. The molecule has 6 fully saturated rings. The molecule has 12 N–H and O–H groups in total. The number of aromatic nitrogens is 1. The Morgan fingerprint density at radius 2 is 1.64 bits per heavy atom. The number of ether oxygens (including phenoxy) is 1. The fourth-order valence-corrected chi connectivity index (χ4v) is 22.5. The first-order valence-corrected chi connectivity index (χ1v) is 37.3. The summed E-state index contributed by atoms with van der Waals surface area (Å²) in [7, 11) is 6.03. The molecule has 2 spiro atoms. The number of hydrogen-bond acceptors (Lipinski definition) is 12. The fraction of sp³-hybridized carbons (Fsp3) is 0.685. The average Bonchev–Trinajstić information content (AvgIpc) is 1.64. The maximum Gasteiger partial charge on any atom is 0.189 e. The fourth-order valence-electron chi connectivity index (χ4n) is 19.6. The Balaban J connectivity index is 0.652. The molecule has 88 heavy (non-hydrogen) atoms. The van der Waals surface area contributed by atoms with Crippen LogP contribution in [0, 0.1) is 58.2 Å². The molecule has 0 amide bonds. The van der Waals surface area contributed by atoms with Crippen LogP contribution in [0.2, 0.25) is 0 Å². The molecule has 482 valence electrons. The third kappa shape index (κ3) is 14.0. The third-order valence-corrected chi connectivity index (χ3v) is 26.3. The number of phenols is 1. The average molecular weight is 1240 g/mol. The highest BCUT2D eigenvalue weighted by Gasteiger charge is 2.65. The van der Waals surface area contributed by atoms with E-state index in [0.717, 1.165) is 84.4 Å². The SMILES string of the molecule is CNCC(NCC(C)O)C1c2cc(C(O)COc3cc(CCc4cc(CO)c(CCC5CCC6C7CSSCC(N=C(N)NC8CCCC(CCc9ccccc9)C8)C(C)CCC6C(C5)CC7N)o4)ccc3O)[nH]c2C2C=CC13CCCC3C21CCCC1. The molecule has 6 bridgehead atoms. The smallest absolute Gasteiger partial charge is 0.189 e. The van der Waals surface area contributed by atoms with Crippen molar-refractivity contribution in [2.75, 3.05) is 38.2 Å². The van der Waals surface area contributed by atoms with Crippen molar-refractivity contribution in [2.45, 2.75) is 216 Å². The van der Waals surface area contributed by atoms with E-state index in [0.29, 0.717) is 78.6 Å². The van der Waals surface area contributed by atoms with Gasteiger partial charge in [-0.25, -0.2) is 4.99 Å². The summed E-state index contributed by atoms with van der Waals surface area (Å²) in [6.45, 7) is 5.49. The Kier molecular flexibility index (Phi) is 21.1. The van der Waals surface area contributed by atoms with Crippen molar-refractivity contribution in [1.82, 2.24) is 20.9 Å². The number of nitrogens with zero attached hydrogens (tertiary/aromatic N) is 1. The predicted octanol–water partition coefficient (Wildman–Crippen LogP) is 12.6. The lowest BCUT2D eigenvalue weighted by Crippen LogP contribution is -2.52. The number of aromatic hydroxyl groups is 1. The van der Waals surface area contributed by atoms with Crippen LogP contribution < -0.4 is 32.2 Å². The summed E-state index contributed by atoms with van der Waals surface area (Å²) in [6, 6.07) is 21.6. The Labute approximate surface area is 533 Å². The first-order chi connectivity index (χ1) is 42.8. The van der Waals surface area contributed by atoms with Crippen LogP contribution in [0.15, 0.2) is 82.2 Å². The Hall–Kier alpha value is -3.93. The van der Waals surface area contributed by atoms with Gasteiger partial charge in [-0.3, -0.25) is 0 Å². The van der Waals surface area contributed by atoms with E-state index in [2.05, 4.69) is 76.4 Å². The van der Waals surface area contributed by atoms with Crippen molar-refractivity contribution in [3.63, 3.8) is 0 Å². The molecule has 3 heterocycles. The molecule has 17 unspecified atom stereocenters. The van der Waals surface area contributed by atoms with E-state index in [9.17, 15) is 20.4 Å². The van der Waals surface area contributed by atoms with Crippen LogP contribution in [0.3, 0.4) is 0 Å². The molecule has 2 aromatic heterocycles. The van der Waals surface area contributed by atoms with E-state index in [-0.39, 0.29) is 59.8 Å². The third-order valence-electron chi connectivity index (χ3n) is 23.9. The number of hydrogen-bond donors (Lipinski definition) is 10. The second-order valence-electron chi connectivity index (χ2n) is 29.2. The van der Waals surface area contributed by atoms with E-state index in [1.807, 2.05) is 53.8 Å². The second-order valence-corrected chi connectivity index (χ2v) is 31.8. The van der Waals surface area contributed by atoms with Gasteiger partial charge in [0.1, 0.15) is 24.2 Å². The normalized spacial score (nSPS) is 33.0. The number of aliphatic imine (C=N–C) groups is 1. The summed E-state index contributed by atoms with van der Waals surface area (Å²) in [4.78, 5) is 9.11. The molecule has 1 aliphatic heterocycles. The number of aliphatic hydroxyl groups is 3. The van der Waals surface area contributed by atoms with Gasteiger partial charge in [-0.05, 0) is 204 Å². The van der Waals surface area contributed by atoms with Crippen LogP contribution in [-0.2, 0) is 32.3 Å². The number of guanidine groups is 1. The maximum absolute atomic E-state index is 12.0. The van der Waals surface area contributed by atoms with Gasteiger partial charge in [0.25, 0.3) is 0 Å². The van der Waals surface area contributed by atoms with Gasteiger partial charge in [0.15, 0.2) is 17.5 Å². The Morgan fingerprint density at radius 3 is 2.45 bits per heavy atom. The van der Waals surface area contributed by atoms with Crippen molar-refractivity contribution in [3.05, 3.63) is 118 Å². The largest absolute Gasteiger partial charge is 0.504 e. The summed E-state index contributed by atoms with van der Waals surface area (Å²) in [5.74, 6) is 10.1. The maximum atomic E-state index is 12.0. The monoisotopic (exact) mass is 1240 g/mol. The number of rotatable bonds is 22. The molecule has 17 atom stereocenters. The number of benzene rings is 2. The summed E-state index contributed by atoms with van der Waals surface area (Å²) in [5.41, 5.74) is 20.8. The molecule has 0 radical (unpaired) electrons. The van der Waals surface area contributed by atoms with Gasteiger partial charge in [-0.2, -0.15) is 0 Å². The Bertz CT molecular complexity index is 2960. The summed E-state index contributed by atoms with van der Waals surface area (Å²) >= 11 is 0. The highest BCUT2D eigenvalue weighted by atomic mass is 33.1. The molecule has 15 heteroatoms. The van der Waals surface area contributed by atoms with Gasteiger partial charge in [0.05, 0.1) is 18.8 Å². The van der Waals surface area contributed by atoms with Gasteiger partial charge in [0, 0.05) is 89.8 Å². The number of aromatic amines is 1. The summed E-state index contributed by atoms with van der Waals surface area (Å²) in [6.07, 6.45) is 30.0. The van der Waals surface area contributed by atoms with Gasteiger partial charge in [0.2, 0.25) is 0 Å². The standard InChI is InChI=1S/C73H107N7O6S2/c1-45-16-24-55-51-33-49(20-25-56(55)58(60(74)37-51)43-87-88-44-63(45)80-71(75)78-53-14-9-13-48(34-53)18-17-47-11-5-4-6-12-47)22-27-66-52(41-81)36-54(86-66)23-19-50-21-26-64(83)67(35-50)85-42-65(84)61-38-57-69(62(40-76-3)77-39-46(2)82)73-31-10-15-68(73)72(29-7-8-30-72)59(28-32-73)70(57)79-61/h4-6,11-12,21,26,28,32,35-36,38,45-46,48-49,51,53,55-56,58-60,62-63,65,68-69,76-77,79,81-84H,7-10,13-20,22-25,27,29-31,33-34,37,39-44,74H2,1-3H3,(H3,75,78,80). The minimum atomic E-state index is -0.940. The number of aliphatic hydroxyl groups excluding tert-OH is 3. The molecule has 13 nitrogen and oxygen atoms in total. The number of nitrogens with one attached hydrogen (secondary N) is 4. The first-order valence-electron chi connectivity index (χ1n) is 34.8. The van der Waals surface area contributed by atoms with Gasteiger partial charge in [-0.1, -0.05) is 116 Å². The number of likely N-dealkylation sites (N-methyl/N-ethyl adjacent to an activating group) is 1. The van der Waals surface area contributed by atoms with Gasteiger partial charge >= 0.3 is 0 Å². The molecule has 1 saturated heterocycles. The lowest BCUT2D eigenvalue weighted by Gasteiger charge is -2.53. The second kappa shape index (κ2) is 28.9. The molecule has 4 aromatic rings. The van der Waals surface area contributed by atoms with Crippen LogP contribution in [0.5, 0.6) is 11.5 Å². The zero-order valence-corrected chi connectivity index (χ0v) is 54.8. The summed E-state index contributed by atoms with van der Waals surface area (Å²) in [5, 5.41) is 55.2. The quantitative estimate of drug-likeness (QED) is 0.0153. The van der Waals surface area contributed by atoms with E-state index in [1.165, 1.54) is 120 Å². The van der Waals surface area contributed by atoms with Crippen LogP contribution in [-0.4, -0.2) is 99.9 Å². The minimum absolute atomic E-state index is 0.00374. The molecule has 8 aliphatic carbocycles. The molecular weight excluding hydrogens is 1130 g/mol. The van der Waals surface area contributed by atoms with Gasteiger partial charge < -0.3 is 62.0 Å². The van der Waals surface area contributed by atoms with E-state index >= 15 is 0 Å². The number of nitrogens with two attached hydrogens (primary N) is 2. The van der Waals surface area contributed by atoms with Crippen molar-refractivity contribution < 1.29 is 29.6 Å². The van der Waals surface area contributed by atoms with Gasteiger partial charge in [-0.15, -0.1) is 0 Å². The zero-order chi connectivity index (χ0) is 60.9. The Morgan fingerprint density at radius 1 is 0.830 bits per heavy atom. The lowest BCUT2D eigenvalue weighted by molar-refractivity contribution is 0.0354. The molecule has 2 aromatic carbocycles. The minimum Gasteiger partial charge on any atom is -0.504 e. The highest BCUT2D eigenvalue weighted by molar-refractivity contribution is 8.76. The molecule has 5 saturated carbocycles.